The molecule has 12 amide bonds. The van der Waals surface area contributed by atoms with Crippen LogP contribution in [0.15, 0.2) is 65.7 Å². The van der Waals surface area contributed by atoms with Gasteiger partial charge >= 0.3 is 6.03 Å². The largest absolute Gasteiger partial charge is 0.370 e. The van der Waals surface area contributed by atoms with Crippen molar-refractivity contribution in [2.45, 2.75) is 139 Å². The average Bonchev–Trinajstić information content (AvgIpc) is 4.05. The van der Waals surface area contributed by atoms with Crippen molar-refractivity contribution >= 4 is 71.1 Å². The predicted octanol–water partition coefficient (Wildman–Crippen LogP) is -3.44. The number of aliphatic imine (C=N–C) groups is 1. The Hall–Kier alpha value is -8.32. The van der Waals surface area contributed by atoms with Crippen LogP contribution in [0.3, 0.4) is 0 Å². The molecule has 0 saturated carbocycles. The molecule has 8 atom stereocenters. The molecular weight excluding hydrogens is 987 g/mol. The summed E-state index contributed by atoms with van der Waals surface area (Å²) in [6.45, 7) is 3.78. The first kappa shape index (κ1) is 60.2. The van der Waals surface area contributed by atoms with Gasteiger partial charge in [0.15, 0.2) is 5.96 Å². The molecule has 0 aromatic heterocycles. The lowest BCUT2D eigenvalue weighted by molar-refractivity contribution is -0.142. The summed E-state index contributed by atoms with van der Waals surface area (Å²) in [5.74, 6) is -7.82. The Bertz CT molecular complexity index is 2400. The first-order valence-electron chi connectivity index (χ1n) is 25.3. The third-order valence-electron chi connectivity index (χ3n) is 12.5. The summed E-state index contributed by atoms with van der Waals surface area (Å²) < 4.78 is 0. The van der Waals surface area contributed by atoms with Gasteiger partial charge in [0.2, 0.25) is 59.1 Å². The molecule has 18 N–H and O–H groups in total. The summed E-state index contributed by atoms with van der Waals surface area (Å²) in [5, 5.41) is 21.1. The highest BCUT2D eigenvalue weighted by atomic mass is 16.2. The summed E-state index contributed by atoms with van der Waals surface area (Å²) in [7, 11) is 0. The van der Waals surface area contributed by atoms with E-state index in [2.05, 4.69) is 47.5 Å². The highest BCUT2D eigenvalue weighted by Gasteiger charge is 2.40. The SMILES string of the molecule is CC(C)C[C@H](NC(=O)[C@H](Cc1ccccc1)NC(=O)[C@@H]1CCC(=O)N1)C(=O)N[C@@H](Cc1ccccc1)C(=O)N[C@@H](CCCN=C(N)N)C(=O)N1CCC[C@H]1C(=O)N[C@@H](CCCNC(N)=O)C(=O)N[C@@H](CC(N)=O)C(N)=O. The number of nitrogens with two attached hydrogens (primary N) is 5. The van der Waals surface area contributed by atoms with Crippen LogP contribution in [0.4, 0.5) is 4.79 Å². The maximum absolute atomic E-state index is 14.7. The van der Waals surface area contributed by atoms with Crippen LogP contribution < -0.4 is 71.2 Å². The minimum Gasteiger partial charge on any atom is -0.370 e. The molecular formula is C50H73N15O11. The first-order valence-corrected chi connectivity index (χ1v) is 25.3. The van der Waals surface area contributed by atoms with Crippen molar-refractivity contribution in [3.63, 3.8) is 0 Å². The molecule has 2 aromatic rings. The molecule has 26 heteroatoms. The van der Waals surface area contributed by atoms with Crippen LogP contribution in [0.1, 0.15) is 89.2 Å². The molecule has 2 fully saturated rings. The van der Waals surface area contributed by atoms with Crippen molar-refractivity contribution in [3.05, 3.63) is 71.8 Å². The smallest absolute Gasteiger partial charge is 0.312 e. The number of urea groups is 1. The van der Waals surface area contributed by atoms with Crippen LogP contribution >= 0.6 is 0 Å². The molecule has 0 aliphatic carbocycles. The predicted molar refractivity (Wildman–Crippen MR) is 277 cm³/mol. The van der Waals surface area contributed by atoms with E-state index in [1.54, 1.807) is 60.7 Å². The normalized spacial score (nSPS) is 17.2. The zero-order valence-electron chi connectivity index (χ0n) is 42.8. The van der Waals surface area contributed by atoms with Gasteiger partial charge in [0.05, 0.1) is 6.42 Å². The molecule has 2 aliphatic rings. The molecule has 0 spiro atoms. The fourth-order valence-corrected chi connectivity index (χ4v) is 8.74. The van der Waals surface area contributed by atoms with Gasteiger partial charge in [0.25, 0.3) is 0 Å². The molecule has 76 heavy (non-hydrogen) atoms. The van der Waals surface area contributed by atoms with E-state index in [1.165, 1.54) is 4.90 Å². The zero-order valence-corrected chi connectivity index (χ0v) is 42.8. The highest BCUT2D eigenvalue weighted by molar-refractivity contribution is 5.99. The third kappa shape index (κ3) is 20.2. The van der Waals surface area contributed by atoms with Gasteiger partial charge in [-0.05, 0) is 68.4 Å². The van der Waals surface area contributed by atoms with E-state index in [1.807, 2.05) is 13.8 Å². The number of benzene rings is 2. The van der Waals surface area contributed by atoms with Crippen molar-refractivity contribution in [2.24, 2.45) is 39.6 Å². The summed E-state index contributed by atoms with van der Waals surface area (Å²) in [6, 6.07) is 6.82. The Balaban J connectivity index is 1.61. The number of carbonyl (C=O) groups is 11. The van der Waals surface area contributed by atoms with Gasteiger partial charge in [-0.15, -0.1) is 0 Å². The van der Waals surface area contributed by atoms with Crippen molar-refractivity contribution < 1.29 is 52.7 Å². The van der Waals surface area contributed by atoms with Gasteiger partial charge in [-0.2, -0.15) is 0 Å². The van der Waals surface area contributed by atoms with Crippen LogP contribution in [0.2, 0.25) is 0 Å². The van der Waals surface area contributed by atoms with E-state index in [0.717, 1.165) is 0 Å². The topological polar surface area (TPSA) is 430 Å². The van der Waals surface area contributed by atoms with Gasteiger partial charge in [0.1, 0.15) is 48.3 Å². The molecule has 0 unspecified atom stereocenters. The molecule has 0 bridgehead atoms. The number of primary amides is 3. The highest BCUT2D eigenvalue weighted by Crippen LogP contribution is 2.21. The Morgan fingerprint density at radius 2 is 1.17 bits per heavy atom. The Kier molecular flexibility index (Phi) is 23.9. The number of nitrogens with zero attached hydrogens (tertiary/aromatic N) is 2. The maximum atomic E-state index is 14.7. The lowest BCUT2D eigenvalue weighted by Crippen LogP contribution is -2.60. The Labute approximate surface area is 440 Å². The number of nitrogens with one attached hydrogen (secondary N) is 8. The van der Waals surface area contributed by atoms with Crippen LogP contribution in [-0.4, -0.2) is 144 Å². The summed E-state index contributed by atoms with van der Waals surface area (Å²) >= 11 is 0. The van der Waals surface area contributed by atoms with Crippen molar-refractivity contribution in [1.82, 2.24) is 47.4 Å². The number of rotatable bonds is 30. The van der Waals surface area contributed by atoms with Crippen molar-refractivity contribution in [1.29, 1.82) is 0 Å². The number of carbonyl (C=O) groups excluding carboxylic acids is 11. The molecule has 2 saturated heterocycles. The number of guanidine groups is 1. The standard InChI is InChI=1S/C50H73N15O11/c1-28(2)24-35(62-46(73)37(26-30-14-7-4-8-15-30)63-43(70)32-19-20-40(67)58-32)44(71)64-36(25-29-12-5-3-6-13-29)45(72)60-33(17-10-21-56-49(53)54)48(75)65-23-11-18-38(65)47(74)59-31(16-9-22-57-50(55)76)42(69)61-34(41(52)68)27-39(51)66/h3-8,12-15,28,31-38H,9-11,16-27H2,1-2H3,(H2,51,66)(H2,52,68)(H,58,67)(H,59,74)(H,60,72)(H,61,69)(H,62,73)(H,63,70)(H,64,71)(H4,53,54,56)(H3,55,57,76)/t31-,32-,33-,34-,35-,36-,37-,38-/m0/s1. The Morgan fingerprint density at radius 1 is 0.645 bits per heavy atom. The Morgan fingerprint density at radius 3 is 1.71 bits per heavy atom. The molecule has 0 radical (unpaired) electrons. The minimum absolute atomic E-state index is 0.00166. The van der Waals surface area contributed by atoms with Gasteiger partial charge < -0.3 is 76.1 Å². The number of amides is 12. The van der Waals surface area contributed by atoms with Gasteiger partial charge in [-0.25, -0.2) is 4.79 Å². The molecule has 4 rings (SSSR count). The number of likely N-dealkylation sites (tertiary alicyclic amines) is 1. The summed E-state index contributed by atoms with van der Waals surface area (Å²) in [5.41, 5.74) is 28.3. The van der Waals surface area contributed by atoms with E-state index in [0.29, 0.717) is 17.5 Å². The molecule has 2 aromatic carbocycles. The van der Waals surface area contributed by atoms with Gasteiger partial charge in [-0.3, -0.25) is 52.9 Å². The molecule has 26 nitrogen and oxygen atoms in total. The van der Waals surface area contributed by atoms with Gasteiger partial charge in [-0.1, -0.05) is 74.5 Å². The molecule has 414 valence electrons. The number of hydrogen-bond acceptors (Lipinski definition) is 12. The van der Waals surface area contributed by atoms with Crippen molar-refractivity contribution in [2.75, 3.05) is 19.6 Å². The van der Waals surface area contributed by atoms with Crippen LogP contribution in [0.25, 0.3) is 0 Å². The lowest BCUT2D eigenvalue weighted by atomic mass is 9.99. The molecule has 2 aliphatic heterocycles. The van der Waals surface area contributed by atoms with Crippen LogP contribution in [0, 0.1) is 5.92 Å². The lowest BCUT2D eigenvalue weighted by Gasteiger charge is -2.31. The minimum atomic E-state index is -1.51. The third-order valence-corrected chi connectivity index (χ3v) is 12.5. The second kappa shape index (κ2) is 30.1. The zero-order chi connectivity index (χ0) is 55.9. The number of hydrogen-bond donors (Lipinski definition) is 13. The summed E-state index contributed by atoms with van der Waals surface area (Å²) in [4.78, 5) is 151. The monoisotopic (exact) mass is 1060 g/mol. The van der Waals surface area contributed by atoms with Gasteiger partial charge in [0, 0.05) is 38.9 Å². The van der Waals surface area contributed by atoms with E-state index in [9.17, 15) is 52.7 Å². The van der Waals surface area contributed by atoms with Crippen molar-refractivity contribution in [3.8, 4) is 0 Å². The fourth-order valence-electron chi connectivity index (χ4n) is 8.74. The quantitative estimate of drug-likeness (QED) is 0.0206. The fraction of sp³-hybridized carbons (Fsp3) is 0.520. The van der Waals surface area contributed by atoms with E-state index in [4.69, 9.17) is 28.7 Å². The average molecular weight is 1060 g/mol. The second-order valence-electron chi connectivity index (χ2n) is 19.2. The maximum Gasteiger partial charge on any atom is 0.312 e. The summed E-state index contributed by atoms with van der Waals surface area (Å²) in [6.07, 6.45) is 0.451. The van der Waals surface area contributed by atoms with E-state index in [-0.39, 0.29) is 102 Å². The van der Waals surface area contributed by atoms with E-state index < -0.39 is 114 Å². The first-order chi connectivity index (χ1) is 36.1. The molecule has 2 heterocycles. The van der Waals surface area contributed by atoms with Crippen LogP contribution in [0.5, 0.6) is 0 Å². The second-order valence-corrected chi connectivity index (χ2v) is 19.2. The van der Waals surface area contributed by atoms with Crippen LogP contribution in [-0.2, 0) is 60.8 Å². The van der Waals surface area contributed by atoms with E-state index >= 15 is 0 Å².